The molecule has 0 unspecified atom stereocenters. The highest BCUT2D eigenvalue weighted by Crippen LogP contribution is 2.28. The average molecular weight is 376 g/mol. The Morgan fingerprint density at radius 1 is 1.33 bits per heavy atom. The molecule has 0 radical (unpaired) electrons. The molecule has 144 valence electrons. The van der Waals surface area contributed by atoms with E-state index in [0.29, 0.717) is 38.2 Å². The van der Waals surface area contributed by atoms with Crippen molar-refractivity contribution in [3.05, 3.63) is 39.4 Å². The lowest BCUT2D eigenvalue weighted by atomic mass is 10.1. The minimum atomic E-state index is -0.565. The van der Waals surface area contributed by atoms with Gasteiger partial charge >= 0.3 is 5.97 Å². The fraction of sp³-hybridized carbons (Fsp3) is 0.389. The van der Waals surface area contributed by atoms with Gasteiger partial charge in [0, 0.05) is 18.1 Å². The Bertz CT molecular complexity index is 786. The number of rotatable bonds is 9. The van der Waals surface area contributed by atoms with Crippen molar-refractivity contribution in [3.8, 4) is 5.75 Å². The molecule has 1 aromatic carbocycles. The third-order valence-corrected chi connectivity index (χ3v) is 3.77. The van der Waals surface area contributed by atoms with E-state index in [4.69, 9.17) is 9.47 Å². The van der Waals surface area contributed by atoms with Crippen LogP contribution in [0, 0.1) is 10.1 Å². The maximum absolute atomic E-state index is 11.7. The van der Waals surface area contributed by atoms with Crippen LogP contribution in [0.15, 0.2) is 23.8 Å². The number of hydrogen-bond acceptors (Lipinski definition) is 7. The predicted molar refractivity (Wildman–Crippen MR) is 94.8 cm³/mol. The largest absolute Gasteiger partial charge is 0.494 e. The molecule has 9 nitrogen and oxygen atoms in total. The highest BCUT2D eigenvalue weighted by atomic mass is 16.6. The maximum Gasteiger partial charge on any atom is 0.305 e. The van der Waals surface area contributed by atoms with Gasteiger partial charge in [-0.15, -0.1) is 0 Å². The Balaban J connectivity index is 2.01. The van der Waals surface area contributed by atoms with Gasteiger partial charge in [0.1, 0.15) is 5.75 Å². The van der Waals surface area contributed by atoms with E-state index in [0.717, 1.165) is 0 Å². The molecular formula is C18H20N2O7. The van der Waals surface area contributed by atoms with Crippen LogP contribution >= 0.6 is 0 Å². The topological polar surface area (TPSA) is 125 Å². The number of nitro groups is 1. The highest BCUT2D eigenvalue weighted by Gasteiger charge is 2.25. The van der Waals surface area contributed by atoms with Gasteiger partial charge in [-0.3, -0.25) is 29.8 Å². The summed E-state index contributed by atoms with van der Waals surface area (Å²) >= 11 is 0. The lowest BCUT2D eigenvalue weighted by Gasteiger charge is -2.08. The zero-order chi connectivity index (χ0) is 19.8. The SMILES string of the molecule is CCOC(=O)CCCCOc1ccc([N+](=O)[O-])c(C=C2CC(=O)NC2=O)c1. The highest BCUT2D eigenvalue weighted by molar-refractivity contribution is 6.15. The lowest BCUT2D eigenvalue weighted by molar-refractivity contribution is -0.385. The molecule has 1 aliphatic heterocycles. The van der Waals surface area contributed by atoms with Crippen molar-refractivity contribution >= 4 is 29.5 Å². The monoisotopic (exact) mass is 376 g/mol. The molecule has 0 spiro atoms. The summed E-state index contributed by atoms with van der Waals surface area (Å²) in [5.41, 5.74) is 0.155. The molecule has 0 atom stereocenters. The molecule has 0 aromatic heterocycles. The van der Waals surface area contributed by atoms with E-state index < -0.39 is 16.7 Å². The Hall–Kier alpha value is -3.23. The molecule has 2 amide bonds. The van der Waals surface area contributed by atoms with Crippen LogP contribution in [0.5, 0.6) is 5.75 Å². The summed E-state index contributed by atoms with van der Waals surface area (Å²) in [5, 5.41) is 13.3. The van der Waals surface area contributed by atoms with Gasteiger partial charge < -0.3 is 9.47 Å². The summed E-state index contributed by atoms with van der Waals surface area (Å²) < 4.78 is 10.4. The first-order chi connectivity index (χ1) is 12.9. The van der Waals surface area contributed by atoms with Crippen LogP contribution in [0.1, 0.15) is 38.2 Å². The molecule has 1 fully saturated rings. The second-order valence-electron chi connectivity index (χ2n) is 5.81. The summed E-state index contributed by atoms with van der Waals surface area (Å²) in [7, 11) is 0. The van der Waals surface area contributed by atoms with Crippen LogP contribution in [0.4, 0.5) is 5.69 Å². The van der Waals surface area contributed by atoms with Gasteiger partial charge in [-0.25, -0.2) is 0 Å². The Kier molecular flexibility index (Phi) is 7.04. The number of imide groups is 1. The Morgan fingerprint density at radius 3 is 2.74 bits per heavy atom. The number of amides is 2. The molecule has 0 aliphatic carbocycles. The van der Waals surface area contributed by atoms with Crippen molar-refractivity contribution in [2.45, 2.75) is 32.6 Å². The molecule has 1 aromatic rings. The number of carbonyl (C=O) groups is 3. The number of ether oxygens (including phenoxy) is 2. The summed E-state index contributed by atoms with van der Waals surface area (Å²) in [6.07, 6.45) is 2.73. The van der Waals surface area contributed by atoms with Crippen molar-refractivity contribution in [3.63, 3.8) is 0 Å². The first-order valence-corrected chi connectivity index (χ1v) is 8.52. The zero-order valence-electron chi connectivity index (χ0n) is 14.9. The van der Waals surface area contributed by atoms with Crippen LogP contribution in [0.3, 0.4) is 0 Å². The molecule has 9 heteroatoms. The number of nitro benzene ring substituents is 1. The van der Waals surface area contributed by atoms with Crippen molar-refractivity contribution < 1.29 is 28.8 Å². The van der Waals surface area contributed by atoms with Crippen molar-refractivity contribution in [2.24, 2.45) is 0 Å². The molecule has 0 bridgehead atoms. The number of nitrogens with zero attached hydrogens (tertiary/aromatic N) is 1. The molecule has 1 N–H and O–H groups in total. The first-order valence-electron chi connectivity index (χ1n) is 8.52. The quantitative estimate of drug-likeness (QED) is 0.175. The number of carbonyl (C=O) groups excluding carboxylic acids is 3. The van der Waals surface area contributed by atoms with E-state index in [2.05, 4.69) is 5.32 Å². The van der Waals surface area contributed by atoms with Gasteiger partial charge in [0.25, 0.3) is 11.6 Å². The Morgan fingerprint density at radius 2 is 2.11 bits per heavy atom. The van der Waals surface area contributed by atoms with Gasteiger partial charge in [0.15, 0.2) is 0 Å². The summed E-state index contributed by atoms with van der Waals surface area (Å²) in [6.45, 7) is 2.42. The summed E-state index contributed by atoms with van der Waals surface area (Å²) in [5.74, 6) is -0.859. The molecule has 27 heavy (non-hydrogen) atoms. The summed E-state index contributed by atoms with van der Waals surface area (Å²) in [4.78, 5) is 44.8. The lowest BCUT2D eigenvalue weighted by Crippen LogP contribution is -2.19. The second kappa shape index (κ2) is 9.46. The van der Waals surface area contributed by atoms with Crippen LogP contribution in [-0.2, 0) is 19.1 Å². The smallest absolute Gasteiger partial charge is 0.305 e. The zero-order valence-corrected chi connectivity index (χ0v) is 14.9. The number of esters is 1. The second-order valence-corrected chi connectivity index (χ2v) is 5.81. The predicted octanol–water partition coefficient (Wildman–Crippen LogP) is 2.14. The van der Waals surface area contributed by atoms with E-state index in [-0.39, 0.29) is 29.2 Å². The molecule has 1 heterocycles. The number of unbranched alkanes of at least 4 members (excludes halogenated alkanes) is 1. The average Bonchev–Trinajstić information content (AvgIpc) is 2.92. The van der Waals surface area contributed by atoms with Gasteiger partial charge in [-0.2, -0.15) is 0 Å². The van der Waals surface area contributed by atoms with Crippen LogP contribution in [0.25, 0.3) is 6.08 Å². The van der Waals surface area contributed by atoms with Crippen molar-refractivity contribution in [2.75, 3.05) is 13.2 Å². The van der Waals surface area contributed by atoms with Crippen molar-refractivity contribution in [1.82, 2.24) is 5.32 Å². The van der Waals surface area contributed by atoms with Crippen molar-refractivity contribution in [1.29, 1.82) is 0 Å². The van der Waals surface area contributed by atoms with E-state index in [1.165, 1.54) is 24.3 Å². The van der Waals surface area contributed by atoms with Gasteiger partial charge in [-0.05, 0) is 38.0 Å². The Labute approximate surface area is 155 Å². The molecule has 0 saturated carbocycles. The minimum Gasteiger partial charge on any atom is -0.494 e. The standard InChI is InChI=1S/C18H20N2O7/c1-2-26-17(22)5-3-4-8-27-14-6-7-15(20(24)25)12(10-14)9-13-11-16(21)19-18(13)23/h6-7,9-10H,2-5,8,11H2,1H3,(H,19,21,23). The third-order valence-electron chi connectivity index (χ3n) is 3.77. The van der Waals surface area contributed by atoms with Gasteiger partial charge in [0.2, 0.25) is 5.91 Å². The molecule has 1 aliphatic rings. The maximum atomic E-state index is 11.7. The minimum absolute atomic E-state index is 0.116. The van der Waals surface area contributed by atoms with E-state index in [1.54, 1.807) is 6.92 Å². The van der Waals surface area contributed by atoms with E-state index in [9.17, 15) is 24.5 Å². The molecule has 1 saturated heterocycles. The van der Waals surface area contributed by atoms with E-state index in [1.807, 2.05) is 0 Å². The first kappa shape index (κ1) is 20.1. The number of benzene rings is 1. The molecular weight excluding hydrogens is 356 g/mol. The van der Waals surface area contributed by atoms with Crippen LogP contribution in [0.2, 0.25) is 0 Å². The fourth-order valence-electron chi connectivity index (χ4n) is 2.51. The molecule has 2 rings (SSSR count). The summed E-state index contributed by atoms with van der Waals surface area (Å²) in [6, 6.07) is 4.20. The van der Waals surface area contributed by atoms with E-state index >= 15 is 0 Å². The van der Waals surface area contributed by atoms with Gasteiger partial charge in [-0.1, -0.05) is 0 Å². The van der Waals surface area contributed by atoms with Crippen LogP contribution < -0.4 is 10.1 Å². The third kappa shape index (κ3) is 5.91. The van der Waals surface area contributed by atoms with Gasteiger partial charge in [0.05, 0.1) is 30.1 Å². The number of hydrogen-bond donors (Lipinski definition) is 1. The number of nitrogens with one attached hydrogen (secondary N) is 1. The van der Waals surface area contributed by atoms with Crippen LogP contribution in [-0.4, -0.2) is 35.9 Å². The normalized spacial score (nSPS) is 14.9. The fourth-order valence-corrected chi connectivity index (χ4v) is 2.51.